The summed E-state index contributed by atoms with van der Waals surface area (Å²) in [6.07, 6.45) is 1.66. The zero-order chi connectivity index (χ0) is 13.2. The first kappa shape index (κ1) is 15.0. The van der Waals surface area contributed by atoms with Crippen LogP contribution in [0.2, 0.25) is 0 Å². The molecule has 0 fully saturated rings. The molecule has 0 unspecified atom stereocenters. The zero-order valence-electron chi connectivity index (χ0n) is 10.3. The average molecular weight is 270 g/mol. The van der Waals surface area contributed by atoms with Gasteiger partial charge in [-0.25, -0.2) is 4.39 Å². The van der Waals surface area contributed by atoms with Crippen LogP contribution in [0.15, 0.2) is 24.3 Å². The first-order chi connectivity index (χ1) is 8.72. The molecule has 0 aliphatic heterocycles. The Hall–Kier alpha value is -1.07. The van der Waals surface area contributed by atoms with Crippen molar-refractivity contribution in [3.8, 4) is 0 Å². The number of thioether (sulfide) groups is 1. The standard InChI is InChI=1S/C13H19FN2OS/c14-12-4-2-11(3-5-12)6-8-16-13(17)10-18-9-1-7-15/h2-5H,1,6-10,15H2,(H,16,17). The highest BCUT2D eigenvalue weighted by molar-refractivity contribution is 7.99. The average Bonchev–Trinajstić information content (AvgIpc) is 2.37. The molecule has 18 heavy (non-hydrogen) atoms. The summed E-state index contributed by atoms with van der Waals surface area (Å²) in [6, 6.07) is 6.33. The second kappa shape index (κ2) is 8.94. The molecule has 0 heterocycles. The number of hydrogen-bond donors (Lipinski definition) is 2. The van der Waals surface area contributed by atoms with Crippen molar-refractivity contribution in [1.29, 1.82) is 0 Å². The molecule has 1 rings (SSSR count). The van der Waals surface area contributed by atoms with E-state index >= 15 is 0 Å². The number of nitrogens with one attached hydrogen (secondary N) is 1. The summed E-state index contributed by atoms with van der Waals surface area (Å²) in [4.78, 5) is 11.4. The van der Waals surface area contributed by atoms with Gasteiger partial charge in [-0.05, 0) is 42.8 Å². The van der Waals surface area contributed by atoms with E-state index in [-0.39, 0.29) is 11.7 Å². The summed E-state index contributed by atoms with van der Waals surface area (Å²) >= 11 is 1.59. The van der Waals surface area contributed by atoms with E-state index in [0.29, 0.717) is 18.8 Å². The van der Waals surface area contributed by atoms with Crippen LogP contribution in [0.3, 0.4) is 0 Å². The number of amides is 1. The Kier molecular flexibility index (Phi) is 7.44. The lowest BCUT2D eigenvalue weighted by Gasteiger charge is -2.05. The smallest absolute Gasteiger partial charge is 0.230 e. The molecule has 0 aromatic heterocycles. The van der Waals surface area contributed by atoms with E-state index in [2.05, 4.69) is 5.32 Å². The van der Waals surface area contributed by atoms with Crippen LogP contribution < -0.4 is 11.1 Å². The second-order valence-electron chi connectivity index (χ2n) is 3.92. The van der Waals surface area contributed by atoms with Crippen molar-refractivity contribution in [3.05, 3.63) is 35.6 Å². The van der Waals surface area contributed by atoms with Gasteiger partial charge in [0.2, 0.25) is 5.91 Å². The van der Waals surface area contributed by atoms with Crippen LogP contribution in [0, 0.1) is 5.82 Å². The van der Waals surface area contributed by atoms with Crippen molar-refractivity contribution < 1.29 is 9.18 Å². The quantitative estimate of drug-likeness (QED) is 0.705. The van der Waals surface area contributed by atoms with Gasteiger partial charge < -0.3 is 11.1 Å². The van der Waals surface area contributed by atoms with Crippen LogP contribution in [-0.2, 0) is 11.2 Å². The summed E-state index contributed by atoms with van der Waals surface area (Å²) in [7, 11) is 0. The maximum atomic E-state index is 12.7. The Morgan fingerprint density at radius 1 is 1.33 bits per heavy atom. The van der Waals surface area contributed by atoms with Crippen molar-refractivity contribution in [2.24, 2.45) is 5.73 Å². The fourth-order valence-corrected chi connectivity index (χ4v) is 2.20. The molecule has 1 amide bonds. The first-order valence-corrected chi connectivity index (χ1v) is 7.17. The zero-order valence-corrected chi connectivity index (χ0v) is 11.1. The second-order valence-corrected chi connectivity index (χ2v) is 5.03. The lowest BCUT2D eigenvalue weighted by molar-refractivity contribution is -0.118. The van der Waals surface area contributed by atoms with Crippen LogP contribution in [-0.4, -0.2) is 30.5 Å². The molecule has 0 radical (unpaired) electrons. The van der Waals surface area contributed by atoms with Crippen molar-refractivity contribution in [2.75, 3.05) is 24.6 Å². The summed E-state index contributed by atoms with van der Waals surface area (Å²) < 4.78 is 12.7. The highest BCUT2D eigenvalue weighted by Crippen LogP contribution is 2.03. The molecule has 0 bridgehead atoms. The number of carbonyl (C=O) groups is 1. The Morgan fingerprint density at radius 3 is 2.72 bits per heavy atom. The Balaban J connectivity index is 2.10. The molecule has 0 spiro atoms. The van der Waals surface area contributed by atoms with Gasteiger partial charge in [-0.15, -0.1) is 0 Å². The van der Waals surface area contributed by atoms with Crippen molar-refractivity contribution in [2.45, 2.75) is 12.8 Å². The van der Waals surface area contributed by atoms with E-state index in [0.717, 1.165) is 24.2 Å². The minimum atomic E-state index is -0.237. The van der Waals surface area contributed by atoms with Crippen molar-refractivity contribution >= 4 is 17.7 Å². The predicted octanol–water partition coefficient (Wildman–Crippen LogP) is 1.57. The molecule has 0 atom stereocenters. The normalized spacial score (nSPS) is 10.3. The summed E-state index contributed by atoms with van der Waals surface area (Å²) in [5.74, 6) is 1.20. The van der Waals surface area contributed by atoms with Gasteiger partial charge in [-0.1, -0.05) is 12.1 Å². The highest BCUT2D eigenvalue weighted by atomic mass is 32.2. The first-order valence-electron chi connectivity index (χ1n) is 6.01. The fourth-order valence-electron chi connectivity index (χ4n) is 1.40. The van der Waals surface area contributed by atoms with E-state index < -0.39 is 0 Å². The van der Waals surface area contributed by atoms with E-state index in [4.69, 9.17) is 5.73 Å². The molecule has 100 valence electrons. The maximum absolute atomic E-state index is 12.7. The van der Waals surface area contributed by atoms with Crippen molar-refractivity contribution in [3.63, 3.8) is 0 Å². The molecule has 0 aliphatic carbocycles. The lowest BCUT2D eigenvalue weighted by atomic mass is 10.1. The van der Waals surface area contributed by atoms with Gasteiger partial charge in [0.1, 0.15) is 5.82 Å². The number of benzene rings is 1. The topological polar surface area (TPSA) is 55.1 Å². The lowest BCUT2D eigenvalue weighted by Crippen LogP contribution is -2.27. The van der Waals surface area contributed by atoms with E-state index in [9.17, 15) is 9.18 Å². The minimum absolute atomic E-state index is 0.0409. The molecule has 1 aromatic rings. The third-order valence-corrected chi connectivity index (χ3v) is 3.42. The molecule has 3 N–H and O–H groups in total. The number of nitrogens with two attached hydrogens (primary N) is 1. The van der Waals surface area contributed by atoms with Crippen molar-refractivity contribution in [1.82, 2.24) is 5.32 Å². The number of halogens is 1. The maximum Gasteiger partial charge on any atom is 0.230 e. The van der Waals surface area contributed by atoms with E-state index in [1.807, 2.05) is 0 Å². The molecule has 0 saturated carbocycles. The summed E-state index contributed by atoms with van der Waals surface area (Å²) in [5.41, 5.74) is 6.38. The van der Waals surface area contributed by atoms with Gasteiger partial charge in [0.15, 0.2) is 0 Å². The molecule has 0 aliphatic rings. The van der Waals surface area contributed by atoms with Crippen LogP contribution >= 0.6 is 11.8 Å². The summed E-state index contributed by atoms with van der Waals surface area (Å²) in [5, 5.41) is 2.84. The number of hydrogen-bond acceptors (Lipinski definition) is 3. The van der Waals surface area contributed by atoms with Crippen LogP contribution in [0.25, 0.3) is 0 Å². The molecule has 0 saturated heterocycles. The third kappa shape index (κ3) is 6.61. The number of carbonyl (C=O) groups excluding carboxylic acids is 1. The molecule has 1 aromatic carbocycles. The van der Waals surface area contributed by atoms with Crippen LogP contribution in [0.5, 0.6) is 0 Å². The van der Waals surface area contributed by atoms with E-state index in [1.165, 1.54) is 12.1 Å². The summed E-state index contributed by atoms with van der Waals surface area (Å²) in [6.45, 7) is 1.25. The van der Waals surface area contributed by atoms with Crippen LogP contribution in [0.1, 0.15) is 12.0 Å². The number of rotatable bonds is 8. The third-order valence-electron chi connectivity index (χ3n) is 2.38. The fraction of sp³-hybridized carbons (Fsp3) is 0.462. The van der Waals surface area contributed by atoms with Gasteiger partial charge in [-0.3, -0.25) is 4.79 Å². The SMILES string of the molecule is NCCCSCC(=O)NCCc1ccc(F)cc1. The molecular weight excluding hydrogens is 251 g/mol. The molecule has 3 nitrogen and oxygen atoms in total. The Bertz CT molecular complexity index is 357. The van der Waals surface area contributed by atoms with E-state index in [1.54, 1.807) is 23.9 Å². The van der Waals surface area contributed by atoms with Gasteiger partial charge in [0, 0.05) is 6.54 Å². The molecular formula is C13H19FN2OS. The van der Waals surface area contributed by atoms with Crippen LogP contribution in [0.4, 0.5) is 4.39 Å². The van der Waals surface area contributed by atoms with Gasteiger partial charge in [0.25, 0.3) is 0 Å². The monoisotopic (exact) mass is 270 g/mol. The van der Waals surface area contributed by atoms with Gasteiger partial charge >= 0.3 is 0 Å². The Morgan fingerprint density at radius 2 is 2.06 bits per heavy atom. The largest absolute Gasteiger partial charge is 0.355 e. The predicted molar refractivity (Wildman–Crippen MR) is 74.1 cm³/mol. The Labute approximate surface area is 111 Å². The van der Waals surface area contributed by atoms with Gasteiger partial charge in [-0.2, -0.15) is 11.8 Å². The van der Waals surface area contributed by atoms with Gasteiger partial charge in [0.05, 0.1) is 5.75 Å². The highest BCUT2D eigenvalue weighted by Gasteiger charge is 2.01. The molecule has 5 heteroatoms. The minimum Gasteiger partial charge on any atom is -0.355 e.